The van der Waals surface area contributed by atoms with Crippen molar-refractivity contribution in [2.24, 2.45) is 0 Å². The molecule has 12 aromatic carbocycles. The van der Waals surface area contributed by atoms with Gasteiger partial charge in [-0.1, -0.05) is 205 Å². The number of hydrogen-bond donors (Lipinski definition) is 0. The maximum atomic E-state index is 7.56. The number of hydrogen-bond acceptors (Lipinski definition) is 0. The summed E-state index contributed by atoms with van der Waals surface area (Å²) < 4.78 is 0. The van der Waals surface area contributed by atoms with E-state index in [0.29, 0.717) is 0 Å². The Hall–Kier alpha value is -6.34. The van der Waals surface area contributed by atoms with E-state index >= 15 is 0 Å². The molecular weight excluding hydrogens is 1070 g/mol. The Morgan fingerprint density at radius 3 is 0.686 bits per heavy atom. The van der Waals surface area contributed by atoms with Crippen LogP contribution in [0.3, 0.4) is 0 Å². The summed E-state index contributed by atoms with van der Waals surface area (Å²) in [4.78, 5) is 0. The Kier molecular flexibility index (Phi) is 17.2. The molecule has 0 N–H and O–H groups in total. The van der Waals surface area contributed by atoms with E-state index in [2.05, 4.69) is 242 Å². The molecule has 0 atom stereocenters. The molecule has 0 nitrogen and oxygen atoms in total. The van der Waals surface area contributed by atoms with Crippen LogP contribution >= 0.6 is 15.8 Å². The zero-order valence-electron chi connectivity index (χ0n) is 38.3. The summed E-state index contributed by atoms with van der Waals surface area (Å²) in [5.41, 5.74) is 1.70. The van der Waals surface area contributed by atoms with Crippen molar-refractivity contribution >= 4 is 102 Å². The van der Waals surface area contributed by atoms with E-state index in [1.54, 1.807) is 0 Å². The molecule has 0 radical (unpaired) electrons. The van der Waals surface area contributed by atoms with Crippen molar-refractivity contribution in [3.05, 3.63) is 279 Å². The van der Waals surface area contributed by atoms with Gasteiger partial charge in [-0.2, -0.15) is 0 Å². The molecular formula is C66H48Ag2P2+2. The van der Waals surface area contributed by atoms with Crippen molar-refractivity contribution in [2.45, 2.75) is 0 Å². The molecule has 12 aromatic rings. The minimum atomic E-state index is -0.783. The van der Waals surface area contributed by atoms with Gasteiger partial charge < -0.3 is 12.8 Å². The Morgan fingerprint density at radius 2 is 0.443 bits per heavy atom. The van der Waals surface area contributed by atoms with Crippen LogP contribution in [-0.4, -0.2) is 12.3 Å². The third-order valence-electron chi connectivity index (χ3n) is 12.9. The van der Waals surface area contributed by atoms with E-state index in [1.807, 2.05) is 24.3 Å². The molecule has 342 valence electrons. The molecule has 0 amide bonds. The average Bonchev–Trinajstić information content (AvgIpc) is 3.43. The zero-order valence-corrected chi connectivity index (χ0v) is 43.2. The maximum absolute atomic E-state index is 7.56. The first-order chi connectivity index (χ1) is 33.7. The monoisotopic (exact) mass is 1120 g/mol. The first kappa shape index (κ1) is 50.1. The third kappa shape index (κ3) is 10.5. The van der Waals surface area contributed by atoms with Crippen molar-refractivity contribution in [3.8, 4) is 11.8 Å². The fraction of sp³-hybridized carbons (Fsp3) is 0.0303. The van der Waals surface area contributed by atoms with Crippen LogP contribution in [-0.2, 0) is 44.8 Å². The second-order valence-electron chi connectivity index (χ2n) is 16.8. The molecule has 0 saturated carbocycles. The van der Waals surface area contributed by atoms with Crippen LogP contribution in [0.25, 0.3) is 64.6 Å². The van der Waals surface area contributed by atoms with Crippen LogP contribution in [0.15, 0.2) is 255 Å². The number of benzene rings is 12. The smallest absolute Gasteiger partial charge is 0.366 e. The molecule has 0 aliphatic heterocycles. The average molecular weight is 1120 g/mol. The van der Waals surface area contributed by atoms with E-state index in [4.69, 9.17) is 12.8 Å². The predicted molar refractivity (Wildman–Crippen MR) is 301 cm³/mol. The summed E-state index contributed by atoms with van der Waals surface area (Å²) >= 11 is 0. The van der Waals surface area contributed by atoms with Crippen molar-refractivity contribution in [2.75, 3.05) is 12.3 Å². The molecule has 0 aliphatic rings. The summed E-state index contributed by atoms with van der Waals surface area (Å²) in [7, 11) is -1.57. The minimum Gasteiger partial charge on any atom is -0.366 e. The normalized spacial score (nSPS) is 10.7. The van der Waals surface area contributed by atoms with E-state index in [9.17, 15) is 0 Å². The van der Waals surface area contributed by atoms with Gasteiger partial charge in [0.1, 0.15) is 12.3 Å². The van der Waals surface area contributed by atoms with Gasteiger partial charge in [-0.05, 0) is 102 Å². The van der Waals surface area contributed by atoms with Gasteiger partial charge in [0.2, 0.25) is 0 Å². The molecule has 70 heavy (non-hydrogen) atoms. The predicted octanol–water partition coefficient (Wildman–Crippen LogP) is 14.9. The summed E-state index contributed by atoms with van der Waals surface area (Å²) in [6, 6.07) is 90.4. The Balaban J connectivity index is 0.000000142. The topological polar surface area (TPSA) is 0 Å². The van der Waals surface area contributed by atoms with Gasteiger partial charge in [0.25, 0.3) is 0 Å². The second kappa shape index (κ2) is 24.0. The van der Waals surface area contributed by atoms with E-state index in [1.165, 1.54) is 87.4 Å². The first-order valence-electron chi connectivity index (χ1n) is 23.1. The third-order valence-corrected chi connectivity index (χ3v) is 19.0. The molecule has 0 unspecified atom stereocenters. The Labute approximate surface area is 445 Å². The molecule has 0 saturated heterocycles. The van der Waals surface area contributed by atoms with Crippen LogP contribution in [0.5, 0.6) is 0 Å². The van der Waals surface area contributed by atoms with Crippen LogP contribution in [0.1, 0.15) is 11.1 Å². The maximum Gasteiger partial charge on any atom is 1.00 e. The van der Waals surface area contributed by atoms with Crippen LogP contribution < -0.4 is 21.2 Å². The van der Waals surface area contributed by atoms with Crippen molar-refractivity contribution in [3.63, 3.8) is 0 Å². The fourth-order valence-electron chi connectivity index (χ4n) is 9.84. The van der Waals surface area contributed by atoms with Gasteiger partial charge >= 0.3 is 44.8 Å². The molecule has 0 aromatic heterocycles. The Bertz CT molecular complexity index is 3350. The minimum absolute atomic E-state index is 0. The van der Waals surface area contributed by atoms with Crippen LogP contribution in [0.2, 0.25) is 0 Å². The summed E-state index contributed by atoms with van der Waals surface area (Å²) in [6.07, 6.45) is 17.6. The van der Waals surface area contributed by atoms with Gasteiger partial charge in [0, 0.05) is 0 Å². The summed E-state index contributed by atoms with van der Waals surface area (Å²) in [6.45, 7) is 0. The molecule has 12 rings (SSSR count). The summed E-state index contributed by atoms with van der Waals surface area (Å²) in [5, 5.41) is 20.5. The number of rotatable bonds is 7. The molecule has 0 fully saturated rings. The summed E-state index contributed by atoms with van der Waals surface area (Å²) in [5.74, 6) is 5.15. The van der Waals surface area contributed by atoms with Crippen molar-refractivity contribution in [1.29, 1.82) is 0 Å². The second-order valence-corrected chi connectivity index (χ2v) is 22.0. The SMILES string of the molecule is [Ag+].[Ag+].[C-]#Cc1cccc2c3ccccc3c3ccccc3c12.[C-]#Cc1cccc2c3ccccc3c3ccccc3c12.c1ccc([PH+](CC[PH+](c2ccccc2)c2ccccc2)c2ccccc2)cc1. The molecule has 4 heteroatoms. The zero-order chi connectivity index (χ0) is 46.1. The molecule has 0 heterocycles. The Morgan fingerprint density at radius 1 is 0.243 bits per heavy atom. The van der Waals surface area contributed by atoms with Crippen LogP contribution in [0.4, 0.5) is 0 Å². The van der Waals surface area contributed by atoms with Gasteiger partial charge in [-0.25, -0.2) is 0 Å². The van der Waals surface area contributed by atoms with Gasteiger partial charge in [-0.15, -0.1) is 23.3 Å². The fourth-order valence-corrected chi connectivity index (χ4v) is 16.0. The molecule has 0 aliphatic carbocycles. The van der Waals surface area contributed by atoms with Gasteiger partial charge in [0.15, 0.2) is 0 Å². The number of fused-ring (bicyclic) bond motifs is 12. The van der Waals surface area contributed by atoms with E-state index in [0.717, 1.165) is 21.9 Å². The van der Waals surface area contributed by atoms with Crippen molar-refractivity contribution < 1.29 is 44.8 Å². The largest absolute Gasteiger partial charge is 1.00 e. The van der Waals surface area contributed by atoms with Gasteiger partial charge in [0.05, 0.1) is 37.1 Å². The molecule has 0 bridgehead atoms. The van der Waals surface area contributed by atoms with E-state index in [-0.39, 0.29) is 44.8 Å². The quantitative estimate of drug-likeness (QED) is 0.0491. The van der Waals surface area contributed by atoms with Crippen molar-refractivity contribution in [1.82, 2.24) is 0 Å². The van der Waals surface area contributed by atoms with Crippen LogP contribution in [0, 0.1) is 24.7 Å². The molecule has 0 spiro atoms. The first-order valence-corrected chi connectivity index (χ1v) is 26.6. The standard InChI is InChI=1S/C26H24P2.2C20H11.2Ag/c1-5-13-23(14-6-1)27(24-15-7-2-8-16-24)21-22-28(25-17-9-3-10-18-25)26-19-11-4-12-20-26;2*1-2-14-8-7-13-19-17-10-4-3-9-15(17)16-11-5-6-12-18(16)20(14)19;;/h1-20H,21-22H2;2*3-13H;;/q;2*-1;2*+1/p+2. The van der Waals surface area contributed by atoms with E-state index < -0.39 is 15.8 Å². The van der Waals surface area contributed by atoms with Gasteiger partial charge in [-0.3, -0.25) is 11.8 Å².